The first-order valence-electron chi connectivity index (χ1n) is 5.71. The average Bonchev–Trinajstić information content (AvgIpc) is 2.29. The highest BCUT2D eigenvalue weighted by Gasteiger charge is 1.97. The Morgan fingerprint density at radius 1 is 1.44 bits per heavy atom. The van der Waals surface area contributed by atoms with Crippen LogP contribution in [0.25, 0.3) is 0 Å². The Labute approximate surface area is 97.2 Å². The predicted molar refractivity (Wildman–Crippen MR) is 65.8 cm³/mol. The fourth-order valence-electron chi connectivity index (χ4n) is 1.38. The van der Waals surface area contributed by atoms with Gasteiger partial charge < -0.3 is 10.2 Å². The van der Waals surface area contributed by atoms with E-state index in [2.05, 4.69) is 24.3 Å². The number of anilines is 1. The van der Waals surface area contributed by atoms with Gasteiger partial charge in [-0.15, -0.1) is 0 Å². The van der Waals surface area contributed by atoms with Gasteiger partial charge in [-0.05, 0) is 30.4 Å². The van der Waals surface area contributed by atoms with E-state index in [1.54, 1.807) is 6.20 Å². The quantitative estimate of drug-likeness (QED) is 0.423. The summed E-state index contributed by atoms with van der Waals surface area (Å²) in [6, 6.07) is 3.80. The van der Waals surface area contributed by atoms with Crippen molar-refractivity contribution >= 4 is 5.82 Å². The summed E-state index contributed by atoms with van der Waals surface area (Å²) in [4.78, 5) is 4.11. The maximum atomic E-state index is 5.55. The summed E-state index contributed by atoms with van der Waals surface area (Å²) < 4.78 is 5.55. The van der Waals surface area contributed by atoms with Gasteiger partial charge in [0.05, 0.1) is 6.61 Å². The van der Waals surface area contributed by atoms with Crippen LogP contribution >= 0.6 is 0 Å². The Morgan fingerprint density at radius 2 is 2.25 bits per heavy atom. The van der Waals surface area contributed by atoms with Crippen molar-refractivity contribution in [3.63, 3.8) is 0 Å². The maximum absolute atomic E-state index is 5.55. The van der Waals surface area contributed by atoms with Crippen molar-refractivity contribution < 1.29 is 4.74 Å². The maximum Gasteiger partial charge on any atom is 0.139 e. The molecule has 16 heavy (non-hydrogen) atoms. The summed E-state index contributed by atoms with van der Waals surface area (Å²) in [7, 11) is 0. The van der Waals surface area contributed by atoms with Gasteiger partial charge in [0.25, 0.3) is 0 Å². The Kier molecular flexibility index (Phi) is 5.82. The van der Waals surface area contributed by atoms with Crippen LogP contribution in [-0.4, -0.2) is 11.6 Å². The van der Waals surface area contributed by atoms with Gasteiger partial charge in [0.15, 0.2) is 0 Å². The number of rotatable bonds is 7. The number of hydrogen-bond acceptors (Lipinski definition) is 4. The topological polar surface area (TPSA) is 60.2 Å². The van der Waals surface area contributed by atoms with E-state index in [9.17, 15) is 0 Å². The lowest BCUT2D eigenvalue weighted by Gasteiger charge is -2.06. The second-order valence-corrected chi connectivity index (χ2v) is 4.28. The largest absolute Gasteiger partial charge is 0.377 e. The van der Waals surface area contributed by atoms with Gasteiger partial charge in [-0.1, -0.05) is 19.9 Å². The number of hydrogen-bond donors (Lipinski definition) is 2. The molecule has 1 aromatic heterocycles. The Balaban J connectivity index is 2.16. The number of aromatic nitrogens is 1. The minimum atomic E-state index is 0.621. The van der Waals surface area contributed by atoms with Crippen LogP contribution in [0.3, 0.4) is 0 Å². The molecule has 0 bridgehead atoms. The first-order valence-corrected chi connectivity index (χ1v) is 5.71. The van der Waals surface area contributed by atoms with Gasteiger partial charge in [-0.25, -0.2) is 10.8 Å². The van der Waals surface area contributed by atoms with Gasteiger partial charge >= 0.3 is 0 Å². The third-order valence-corrected chi connectivity index (χ3v) is 2.31. The highest BCUT2D eigenvalue weighted by Crippen LogP contribution is 2.07. The Bertz CT molecular complexity index is 285. The van der Waals surface area contributed by atoms with E-state index < -0.39 is 0 Å². The molecule has 1 heterocycles. The highest BCUT2D eigenvalue weighted by atomic mass is 16.5. The molecule has 0 saturated heterocycles. The van der Waals surface area contributed by atoms with Crippen LogP contribution in [0.1, 0.15) is 32.3 Å². The van der Waals surface area contributed by atoms with E-state index in [-0.39, 0.29) is 0 Å². The van der Waals surface area contributed by atoms with Crippen molar-refractivity contribution in [3.8, 4) is 0 Å². The van der Waals surface area contributed by atoms with Crippen molar-refractivity contribution in [2.24, 2.45) is 11.8 Å². The van der Waals surface area contributed by atoms with Crippen molar-refractivity contribution in [2.45, 2.75) is 33.3 Å². The second kappa shape index (κ2) is 7.19. The molecule has 0 aliphatic heterocycles. The van der Waals surface area contributed by atoms with Crippen molar-refractivity contribution in [2.75, 3.05) is 12.0 Å². The summed E-state index contributed by atoms with van der Waals surface area (Å²) in [5.41, 5.74) is 3.56. The second-order valence-electron chi connectivity index (χ2n) is 4.28. The van der Waals surface area contributed by atoms with Gasteiger partial charge in [-0.3, -0.25) is 0 Å². The molecule has 0 saturated carbocycles. The first-order chi connectivity index (χ1) is 7.72. The third-order valence-electron chi connectivity index (χ3n) is 2.31. The minimum absolute atomic E-state index is 0.621. The molecule has 0 unspecified atom stereocenters. The van der Waals surface area contributed by atoms with Gasteiger partial charge in [0, 0.05) is 12.8 Å². The lowest BCUT2D eigenvalue weighted by atomic mass is 10.1. The first kappa shape index (κ1) is 12.9. The van der Waals surface area contributed by atoms with Crippen LogP contribution in [0.5, 0.6) is 0 Å². The molecule has 0 atom stereocenters. The van der Waals surface area contributed by atoms with E-state index >= 15 is 0 Å². The van der Waals surface area contributed by atoms with E-state index in [1.807, 2.05) is 12.1 Å². The van der Waals surface area contributed by atoms with Crippen LogP contribution in [0.2, 0.25) is 0 Å². The number of pyridine rings is 1. The standard InChI is InChI=1S/C12H21N3O/c1-10(2)4-3-7-16-9-11-5-6-12(15-13)14-8-11/h5-6,8,10H,3-4,7,9,13H2,1-2H3,(H,14,15). The van der Waals surface area contributed by atoms with Crippen LogP contribution < -0.4 is 11.3 Å². The molecule has 1 aromatic rings. The number of nitrogens with zero attached hydrogens (tertiary/aromatic N) is 1. The molecule has 0 aromatic carbocycles. The molecule has 3 N–H and O–H groups in total. The summed E-state index contributed by atoms with van der Waals surface area (Å²) in [6.45, 7) is 5.88. The van der Waals surface area contributed by atoms with Crippen LogP contribution in [0.15, 0.2) is 18.3 Å². The number of hydrazine groups is 1. The van der Waals surface area contributed by atoms with Crippen LogP contribution in [0.4, 0.5) is 5.82 Å². The molecular weight excluding hydrogens is 202 g/mol. The van der Waals surface area contributed by atoms with Crippen LogP contribution in [0, 0.1) is 5.92 Å². The molecule has 4 heteroatoms. The highest BCUT2D eigenvalue weighted by molar-refractivity contribution is 5.33. The van der Waals surface area contributed by atoms with Crippen LogP contribution in [-0.2, 0) is 11.3 Å². The van der Waals surface area contributed by atoms with E-state index in [4.69, 9.17) is 10.6 Å². The molecular formula is C12H21N3O. The smallest absolute Gasteiger partial charge is 0.139 e. The Hall–Kier alpha value is -1.13. The van der Waals surface area contributed by atoms with E-state index in [1.165, 1.54) is 6.42 Å². The number of ether oxygens (including phenoxy) is 1. The van der Waals surface area contributed by atoms with Gasteiger partial charge in [0.2, 0.25) is 0 Å². The summed E-state index contributed by atoms with van der Waals surface area (Å²) >= 11 is 0. The Morgan fingerprint density at radius 3 is 2.81 bits per heavy atom. The SMILES string of the molecule is CC(C)CCCOCc1ccc(NN)nc1. The monoisotopic (exact) mass is 223 g/mol. The molecule has 1 rings (SSSR count). The zero-order valence-corrected chi connectivity index (χ0v) is 10.1. The molecule has 0 aliphatic carbocycles. The zero-order chi connectivity index (χ0) is 11.8. The zero-order valence-electron chi connectivity index (χ0n) is 10.1. The lowest BCUT2D eigenvalue weighted by molar-refractivity contribution is 0.114. The molecule has 4 nitrogen and oxygen atoms in total. The summed E-state index contributed by atoms with van der Waals surface area (Å²) in [5.74, 6) is 6.64. The third kappa shape index (κ3) is 5.09. The summed E-state index contributed by atoms with van der Waals surface area (Å²) in [5, 5.41) is 0. The average molecular weight is 223 g/mol. The van der Waals surface area contributed by atoms with Gasteiger partial charge in [-0.2, -0.15) is 0 Å². The normalized spacial score (nSPS) is 10.8. The molecule has 90 valence electrons. The predicted octanol–water partition coefficient (Wildman–Crippen LogP) is 2.32. The number of nitrogens with one attached hydrogen (secondary N) is 1. The van der Waals surface area contributed by atoms with Crippen molar-refractivity contribution in [1.29, 1.82) is 0 Å². The molecule has 0 fully saturated rings. The molecule has 0 spiro atoms. The van der Waals surface area contributed by atoms with Gasteiger partial charge in [0.1, 0.15) is 5.82 Å². The van der Waals surface area contributed by atoms with Crippen molar-refractivity contribution in [1.82, 2.24) is 4.98 Å². The summed E-state index contributed by atoms with van der Waals surface area (Å²) in [6.07, 6.45) is 4.11. The molecule has 0 aliphatic rings. The minimum Gasteiger partial charge on any atom is -0.377 e. The lowest BCUT2D eigenvalue weighted by Crippen LogP contribution is -2.08. The van der Waals surface area contributed by atoms with Crippen molar-refractivity contribution in [3.05, 3.63) is 23.9 Å². The molecule has 0 radical (unpaired) electrons. The van der Waals surface area contributed by atoms with E-state index in [0.717, 1.165) is 24.5 Å². The molecule has 0 amide bonds. The van der Waals surface area contributed by atoms with E-state index in [0.29, 0.717) is 12.4 Å². The number of nitrogen functional groups attached to an aromatic ring is 1. The fraction of sp³-hybridized carbons (Fsp3) is 0.583. The fourth-order valence-corrected chi connectivity index (χ4v) is 1.38. The number of nitrogens with two attached hydrogens (primary N) is 1.